The van der Waals surface area contributed by atoms with Crippen molar-refractivity contribution in [2.75, 3.05) is 5.32 Å². The van der Waals surface area contributed by atoms with Crippen molar-refractivity contribution < 1.29 is 4.79 Å². The molecule has 0 bridgehead atoms. The zero-order chi connectivity index (χ0) is 21.1. The van der Waals surface area contributed by atoms with Crippen LogP contribution in [-0.4, -0.2) is 25.0 Å². The molecular weight excluding hydrogens is 398 g/mol. The van der Waals surface area contributed by atoms with E-state index in [1.54, 1.807) is 30.5 Å². The van der Waals surface area contributed by atoms with Crippen molar-refractivity contribution in [3.8, 4) is 0 Å². The van der Waals surface area contributed by atoms with Gasteiger partial charge in [-0.1, -0.05) is 24.9 Å². The van der Waals surface area contributed by atoms with Crippen LogP contribution in [0.3, 0.4) is 0 Å². The van der Waals surface area contributed by atoms with Gasteiger partial charge in [-0.3, -0.25) is 4.79 Å². The SMILES string of the molecule is CCCCn1c(Cn2ccnc2C)nc2cc(NC(=O)c3ccc(Cl)cc3)ccc21. The number of fused-ring (bicyclic) bond motifs is 1. The van der Waals surface area contributed by atoms with Crippen molar-refractivity contribution in [1.29, 1.82) is 0 Å². The number of aromatic nitrogens is 4. The predicted molar refractivity (Wildman–Crippen MR) is 120 cm³/mol. The average Bonchev–Trinajstić information content (AvgIpc) is 3.29. The van der Waals surface area contributed by atoms with Crippen molar-refractivity contribution in [2.24, 2.45) is 0 Å². The molecule has 0 aliphatic carbocycles. The third-order valence-electron chi connectivity index (χ3n) is 5.16. The molecule has 0 aliphatic rings. The summed E-state index contributed by atoms with van der Waals surface area (Å²) >= 11 is 5.91. The lowest BCUT2D eigenvalue weighted by atomic mass is 10.2. The molecule has 2 aromatic carbocycles. The van der Waals surface area contributed by atoms with Gasteiger partial charge in [0.2, 0.25) is 0 Å². The van der Waals surface area contributed by atoms with E-state index in [4.69, 9.17) is 16.6 Å². The summed E-state index contributed by atoms with van der Waals surface area (Å²) in [6.07, 6.45) is 5.96. The molecule has 0 saturated heterocycles. The van der Waals surface area contributed by atoms with Gasteiger partial charge < -0.3 is 14.5 Å². The van der Waals surface area contributed by atoms with Crippen LogP contribution in [0.2, 0.25) is 5.02 Å². The fourth-order valence-corrected chi connectivity index (χ4v) is 3.60. The van der Waals surface area contributed by atoms with Gasteiger partial charge in [0.15, 0.2) is 0 Å². The van der Waals surface area contributed by atoms with Gasteiger partial charge in [-0.2, -0.15) is 0 Å². The predicted octanol–water partition coefficient (Wildman–Crippen LogP) is 5.30. The molecule has 30 heavy (non-hydrogen) atoms. The number of benzene rings is 2. The Bertz CT molecular complexity index is 1180. The molecule has 2 aromatic heterocycles. The van der Waals surface area contributed by atoms with Gasteiger partial charge in [-0.05, 0) is 55.8 Å². The van der Waals surface area contributed by atoms with Crippen molar-refractivity contribution in [3.63, 3.8) is 0 Å². The van der Waals surface area contributed by atoms with Crippen molar-refractivity contribution in [1.82, 2.24) is 19.1 Å². The Hall–Kier alpha value is -3.12. The first kappa shape index (κ1) is 20.2. The number of amides is 1. The molecule has 4 rings (SSSR count). The van der Waals surface area contributed by atoms with Crippen LogP contribution in [0.5, 0.6) is 0 Å². The molecule has 6 nitrogen and oxygen atoms in total. The minimum atomic E-state index is -0.175. The molecule has 0 unspecified atom stereocenters. The summed E-state index contributed by atoms with van der Waals surface area (Å²) in [6, 6.07) is 12.7. The van der Waals surface area contributed by atoms with E-state index in [1.807, 2.05) is 31.3 Å². The van der Waals surface area contributed by atoms with Crippen LogP contribution in [0.15, 0.2) is 54.9 Å². The Labute approximate surface area is 180 Å². The number of aryl methyl sites for hydroxylation is 2. The Morgan fingerprint density at radius 1 is 1.17 bits per heavy atom. The van der Waals surface area contributed by atoms with Gasteiger partial charge >= 0.3 is 0 Å². The van der Waals surface area contributed by atoms with E-state index in [0.717, 1.165) is 42.1 Å². The first-order valence-corrected chi connectivity index (χ1v) is 10.5. The van der Waals surface area contributed by atoms with Crippen LogP contribution in [-0.2, 0) is 13.1 Å². The van der Waals surface area contributed by atoms with Crippen molar-refractivity contribution in [3.05, 3.63) is 77.1 Å². The topological polar surface area (TPSA) is 64.7 Å². The van der Waals surface area contributed by atoms with Crippen LogP contribution in [0, 0.1) is 6.92 Å². The maximum absolute atomic E-state index is 12.5. The van der Waals surface area contributed by atoms with E-state index < -0.39 is 0 Å². The minimum Gasteiger partial charge on any atom is -0.328 e. The van der Waals surface area contributed by atoms with Gasteiger partial charge in [-0.25, -0.2) is 9.97 Å². The summed E-state index contributed by atoms with van der Waals surface area (Å²) in [5.41, 5.74) is 3.21. The van der Waals surface area contributed by atoms with Gasteiger partial charge in [-0.15, -0.1) is 0 Å². The summed E-state index contributed by atoms with van der Waals surface area (Å²) in [5.74, 6) is 1.77. The summed E-state index contributed by atoms with van der Waals surface area (Å²) in [7, 11) is 0. The van der Waals surface area contributed by atoms with Gasteiger partial charge in [0.25, 0.3) is 5.91 Å². The largest absolute Gasteiger partial charge is 0.328 e. The third kappa shape index (κ3) is 4.24. The molecule has 0 saturated carbocycles. The number of carbonyl (C=O) groups is 1. The number of hydrogen-bond donors (Lipinski definition) is 1. The molecule has 0 atom stereocenters. The molecule has 4 aromatic rings. The normalized spacial score (nSPS) is 11.2. The lowest BCUT2D eigenvalue weighted by Crippen LogP contribution is -2.11. The molecule has 7 heteroatoms. The second kappa shape index (κ2) is 8.71. The highest BCUT2D eigenvalue weighted by Crippen LogP contribution is 2.23. The van der Waals surface area contributed by atoms with Crippen molar-refractivity contribution in [2.45, 2.75) is 39.8 Å². The van der Waals surface area contributed by atoms with Crippen molar-refractivity contribution >= 4 is 34.2 Å². The number of rotatable bonds is 7. The molecule has 0 aliphatic heterocycles. The molecule has 0 radical (unpaired) electrons. The monoisotopic (exact) mass is 421 g/mol. The Kier molecular flexibility index (Phi) is 5.86. The summed E-state index contributed by atoms with van der Waals surface area (Å²) < 4.78 is 4.36. The number of halogens is 1. The maximum Gasteiger partial charge on any atom is 0.255 e. The summed E-state index contributed by atoms with van der Waals surface area (Å²) in [5, 5.41) is 3.55. The molecule has 2 heterocycles. The molecule has 0 fully saturated rings. The van der Waals surface area contributed by atoms with E-state index >= 15 is 0 Å². The van der Waals surface area contributed by atoms with Crippen LogP contribution >= 0.6 is 11.6 Å². The lowest BCUT2D eigenvalue weighted by molar-refractivity contribution is 0.102. The smallest absolute Gasteiger partial charge is 0.255 e. The van der Waals surface area contributed by atoms with E-state index in [1.165, 1.54) is 0 Å². The van der Waals surface area contributed by atoms with Gasteiger partial charge in [0, 0.05) is 35.2 Å². The summed E-state index contributed by atoms with van der Waals surface area (Å²) in [4.78, 5) is 21.7. The molecule has 1 N–H and O–H groups in total. The number of anilines is 1. The highest BCUT2D eigenvalue weighted by molar-refractivity contribution is 6.30. The highest BCUT2D eigenvalue weighted by atomic mass is 35.5. The number of hydrogen-bond acceptors (Lipinski definition) is 3. The van der Waals surface area contributed by atoms with E-state index in [9.17, 15) is 4.79 Å². The Morgan fingerprint density at radius 3 is 2.67 bits per heavy atom. The van der Waals surface area contributed by atoms with E-state index in [2.05, 4.69) is 26.4 Å². The second-order valence-corrected chi connectivity index (χ2v) is 7.74. The van der Waals surface area contributed by atoms with Gasteiger partial charge in [0.05, 0.1) is 17.6 Å². The van der Waals surface area contributed by atoms with Crippen LogP contribution in [0.4, 0.5) is 5.69 Å². The third-order valence-corrected chi connectivity index (χ3v) is 5.41. The number of nitrogens with zero attached hydrogens (tertiary/aromatic N) is 4. The fourth-order valence-electron chi connectivity index (χ4n) is 3.47. The molecule has 1 amide bonds. The zero-order valence-corrected chi connectivity index (χ0v) is 17.9. The quantitative estimate of drug-likeness (QED) is 0.440. The van der Waals surface area contributed by atoms with E-state index in [0.29, 0.717) is 22.8 Å². The second-order valence-electron chi connectivity index (χ2n) is 7.30. The summed E-state index contributed by atoms with van der Waals surface area (Å²) in [6.45, 7) is 5.75. The first-order valence-electron chi connectivity index (χ1n) is 10.1. The molecule has 0 spiro atoms. The van der Waals surface area contributed by atoms with Crippen LogP contribution in [0.1, 0.15) is 41.8 Å². The number of imidazole rings is 2. The average molecular weight is 422 g/mol. The maximum atomic E-state index is 12.5. The molecular formula is C23H24ClN5O. The lowest BCUT2D eigenvalue weighted by Gasteiger charge is -2.10. The Morgan fingerprint density at radius 2 is 1.97 bits per heavy atom. The van der Waals surface area contributed by atoms with Crippen LogP contribution < -0.4 is 5.32 Å². The number of carbonyl (C=O) groups excluding carboxylic acids is 1. The standard InChI is InChI=1S/C23H24ClN5O/c1-3-4-12-29-21-10-9-19(26-23(30)17-5-7-18(24)8-6-17)14-20(21)27-22(29)15-28-13-11-25-16(28)2/h5-11,13-14H,3-4,12,15H2,1-2H3,(H,26,30). The Balaban J connectivity index is 1.63. The number of unbranched alkanes of at least 4 members (excludes halogenated alkanes) is 1. The van der Waals surface area contributed by atoms with E-state index in [-0.39, 0.29) is 5.91 Å². The molecule has 154 valence electrons. The first-order chi connectivity index (χ1) is 14.5. The minimum absolute atomic E-state index is 0.175. The van der Waals surface area contributed by atoms with Crippen LogP contribution in [0.25, 0.3) is 11.0 Å². The zero-order valence-electron chi connectivity index (χ0n) is 17.1. The number of nitrogens with one attached hydrogen (secondary N) is 1. The highest BCUT2D eigenvalue weighted by Gasteiger charge is 2.14. The fraction of sp³-hybridized carbons (Fsp3) is 0.261. The van der Waals surface area contributed by atoms with Gasteiger partial charge in [0.1, 0.15) is 11.6 Å².